The summed E-state index contributed by atoms with van der Waals surface area (Å²) in [5.41, 5.74) is 2.57. The Labute approximate surface area is 141 Å². The first-order valence-corrected chi connectivity index (χ1v) is 8.30. The van der Waals surface area contributed by atoms with E-state index in [0.29, 0.717) is 0 Å². The van der Waals surface area contributed by atoms with E-state index in [1.165, 1.54) is 43.4 Å². The highest BCUT2D eigenvalue weighted by Gasteiger charge is 2.10. The first-order chi connectivity index (χ1) is 11.9. The summed E-state index contributed by atoms with van der Waals surface area (Å²) in [6.45, 7) is 0. The summed E-state index contributed by atoms with van der Waals surface area (Å²) in [7, 11) is 0. The molecule has 0 unspecified atom stereocenters. The highest BCUT2D eigenvalue weighted by atomic mass is 14.1. The normalized spacial score (nSPS) is 11.3. The Hall–Kier alpha value is -3.12. The molecule has 0 aliphatic rings. The van der Waals surface area contributed by atoms with Gasteiger partial charge in [0, 0.05) is 0 Å². The molecule has 0 aliphatic heterocycles. The molecule has 0 nitrogen and oxygen atoms in total. The van der Waals surface area contributed by atoms with Gasteiger partial charge in [-0.15, -0.1) is 0 Å². The van der Waals surface area contributed by atoms with E-state index < -0.39 is 0 Å². The summed E-state index contributed by atoms with van der Waals surface area (Å²) in [5, 5.41) is 7.90. The van der Waals surface area contributed by atoms with Crippen LogP contribution < -0.4 is 0 Å². The van der Waals surface area contributed by atoms with Crippen molar-refractivity contribution in [3.8, 4) is 11.1 Å². The number of hydrogen-bond acceptors (Lipinski definition) is 0. The molecule has 0 heterocycles. The molecular weight excluding hydrogens is 288 g/mol. The van der Waals surface area contributed by atoms with Gasteiger partial charge in [-0.2, -0.15) is 0 Å². The molecule has 5 rings (SSSR count). The number of rotatable bonds is 1. The van der Waals surface area contributed by atoms with E-state index >= 15 is 0 Å². The third-order valence-electron chi connectivity index (χ3n) is 4.83. The topological polar surface area (TPSA) is 0 Å². The fourth-order valence-corrected chi connectivity index (χ4v) is 3.74. The summed E-state index contributed by atoms with van der Waals surface area (Å²) in [5.74, 6) is 0. The van der Waals surface area contributed by atoms with Gasteiger partial charge in [-0.05, 0) is 49.5 Å². The van der Waals surface area contributed by atoms with Crippen molar-refractivity contribution in [1.29, 1.82) is 0 Å². The van der Waals surface area contributed by atoms with Crippen molar-refractivity contribution < 1.29 is 0 Å². The molecule has 0 spiro atoms. The second-order valence-corrected chi connectivity index (χ2v) is 6.22. The molecule has 0 bridgehead atoms. The number of hydrogen-bond donors (Lipinski definition) is 0. The lowest BCUT2D eigenvalue weighted by Gasteiger charge is -2.13. The van der Waals surface area contributed by atoms with Gasteiger partial charge >= 0.3 is 0 Å². The number of fused-ring (bicyclic) bond motifs is 5. The van der Waals surface area contributed by atoms with E-state index in [-0.39, 0.29) is 0 Å². The third kappa shape index (κ3) is 1.93. The Morgan fingerprint density at radius 1 is 0.417 bits per heavy atom. The van der Waals surface area contributed by atoms with Gasteiger partial charge in [0.15, 0.2) is 0 Å². The Bertz CT molecular complexity index is 1180. The van der Waals surface area contributed by atoms with E-state index in [1.54, 1.807) is 0 Å². The zero-order chi connectivity index (χ0) is 15.9. The van der Waals surface area contributed by atoms with E-state index in [9.17, 15) is 0 Å². The highest BCUT2D eigenvalue weighted by molar-refractivity contribution is 6.23. The quantitative estimate of drug-likeness (QED) is 0.298. The molecule has 0 aromatic heterocycles. The minimum absolute atomic E-state index is 1.27. The average molecular weight is 304 g/mol. The van der Waals surface area contributed by atoms with E-state index in [2.05, 4.69) is 97.1 Å². The first kappa shape index (κ1) is 13.3. The van der Waals surface area contributed by atoms with Gasteiger partial charge in [0.2, 0.25) is 0 Å². The average Bonchev–Trinajstić information content (AvgIpc) is 2.67. The van der Waals surface area contributed by atoms with Gasteiger partial charge in [0.05, 0.1) is 0 Å². The van der Waals surface area contributed by atoms with Crippen LogP contribution in [0.2, 0.25) is 0 Å². The van der Waals surface area contributed by atoms with Gasteiger partial charge in [0.1, 0.15) is 0 Å². The second kappa shape index (κ2) is 5.21. The van der Waals surface area contributed by atoms with Crippen molar-refractivity contribution in [2.45, 2.75) is 0 Å². The van der Waals surface area contributed by atoms with Crippen molar-refractivity contribution in [2.24, 2.45) is 0 Å². The molecule has 0 radical (unpaired) electrons. The largest absolute Gasteiger partial charge is 0.0622 e. The zero-order valence-corrected chi connectivity index (χ0v) is 13.2. The molecule has 0 N–H and O–H groups in total. The van der Waals surface area contributed by atoms with Crippen molar-refractivity contribution in [2.75, 3.05) is 0 Å². The molecule has 112 valence electrons. The minimum Gasteiger partial charge on any atom is -0.0622 e. The maximum Gasteiger partial charge on any atom is -0.00264 e. The van der Waals surface area contributed by atoms with E-state index in [1.807, 2.05) is 0 Å². The monoisotopic (exact) mass is 304 g/mol. The van der Waals surface area contributed by atoms with Crippen molar-refractivity contribution in [1.82, 2.24) is 0 Å². The minimum atomic E-state index is 1.27. The van der Waals surface area contributed by atoms with Crippen LogP contribution in [0.15, 0.2) is 97.1 Å². The number of benzene rings is 5. The lowest BCUT2D eigenvalue weighted by Crippen LogP contribution is -1.85. The molecule has 0 saturated heterocycles. The van der Waals surface area contributed by atoms with Crippen LogP contribution in [-0.4, -0.2) is 0 Å². The fraction of sp³-hybridized carbons (Fsp3) is 0. The maximum absolute atomic E-state index is 2.33. The summed E-state index contributed by atoms with van der Waals surface area (Å²) in [6.07, 6.45) is 0. The Morgan fingerprint density at radius 2 is 1.04 bits per heavy atom. The van der Waals surface area contributed by atoms with Crippen LogP contribution in [0.4, 0.5) is 0 Å². The molecule has 24 heavy (non-hydrogen) atoms. The third-order valence-corrected chi connectivity index (χ3v) is 4.83. The zero-order valence-electron chi connectivity index (χ0n) is 13.2. The standard InChI is InChI=1S/C24H16/c1-2-8-17(9-3-1)23-16-19-15-14-18-10-4-5-11-20(18)24(19)22-13-7-6-12-21(22)23/h1-16H. The molecule has 5 aromatic carbocycles. The van der Waals surface area contributed by atoms with E-state index in [4.69, 9.17) is 0 Å². The van der Waals surface area contributed by atoms with Gasteiger partial charge in [-0.1, -0.05) is 91.0 Å². The van der Waals surface area contributed by atoms with Crippen molar-refractivity contribution in [3.05, 3.63) is 97.1 Å². The van der Waals surface area contributed by atoms with Gasteiger partial charge in [-0.25, -0.2) is 0 Å². The van der Waals surface area contributed by atoms with Crippen LogP contribution in [0.3, 0.4) is 0 Å². The van der Waals surface area contributed by atoms with Crippen LogP contribution in [0.1, 0.15) is 0 Å². The molecule has 0 atom stereocenters. The Balaban J connectivity index is 2.02. The van der Waals surface area contributed by atoms with Crippen LogP contribution >= 0.6 is 0 Å². The van der Waals surface area contributed by atoms with Gasteiger partial charge in [0.25, 0.3) is 0 Å². The predicted molar refractivity (Wildman–Crippen MR) is 104 cm³/mol. The maximum atomic E-state index is 2.33. The molecule has 0 amide bonds. The first-order valence-electron chi connectivity index (χ1n) is 8.30. The molecule has 0 aliphatic carbocycles. The lowest BCUT2D eigenvalue weighted by atomic mass is 9.91. The predicted octanol–water partition coefficient (Wildman–Crippen LogP) is 6.81. The summed E-state index contributed by atoms with van der Waals surface area (Å²) < 4.78 is 0. The lowest BCUT2D eigenvalue weighted by molar-refractivity contribution is 1.67. The van der Waals surface area contributed by atoms with Crippen LogP contribution in [0.25, 0.3) is 43.4 Å². The van der Waals surface area contributed by atoms with Crippen LogP contribution in [-0.2, 0) is 0 Å². The Kier molecular flexibility index (Phi) is 2.89. The molecule has 5 aromatic rings. The van der Waals surface area contributed by atoms with Gasteiger partial charge < -0.3 is 0 Å². The molecule has 0 heteroatoms. The highest BCUT2D eigenvalue weighted by Crippen LogP contribution is 2.37. The SMILES string of the molecule is c1ccc(-c2cc3ccc4ccccc4c3c3ccccc23)cc1. The summed E-state index contributed by atoms with van der Waals surface area (Å²) in [6, 6.07) is 34.9. The molecule has 0 fully saturated rings. The molecular formula is C24H16. The summed E-state index contributed by atoms with van der Waals surface area (Å²) in [4.78, 5) is 0. The van der Waals surface area contributed by atoms with E-state index in [0.717, 1.165) is 0 Å². The van der Waals surface area contributed by atoms with Crippen LogP contribution in [0, 0.1) is 0 Å². The van der Waals surface area contributed by atoms with Crippen molar-refractivity contribution >= 4 is 32.3 Å². The Morgan fingerprint density at radius 3 is 1.88 bits per heavy atom. The smallest absolute Gasteiger partial charge is 0.00264 e. The second-order valence-electron chi connectivity index (χ2n) is 6.22. The van der Waals surface area contributed by atoms with Crippen molar-refractivity contribution in [3.63, 3.8) is 0 Å². The fourth-order valence-electron chi connectivity index (χ4n) is 3.74. The van der Waals surface area contributed by atoms with Gasteiger partial charge in [-0.3, -0.25) is 0 Å². The molecule has 0 saturated carbocycles. The summed E-state index contributed by atoms with van der Waals surface area (Å²) >= 11 is 0. The van der Waals surface area contributed by atoms with Crippen LogP contribution in [0.5, 0.6) is 0 Å².